The van der Waals surface area contributed by atoms with Gasteiger partial charge in [-0.05, 0) is 29.8 Å². The van der Waals surface area contributed by atoms with Gasteiger partial charge in [0.25, 0.3) is 0 Å². The van der Waals surface area contributed by atoms with Gasteiger partial charge in [0.2, 0.25) is 0 Å². The zero-order valence-corrected chi connectivity index (χ0v) is 11.7. The first kappa shape index (κ1) is 14.8. The van der Waals surface area contributed by atoms with Crippen LogP contribution in [0.4, 0.5) is 0 Å². The summed E-state index contributed by atoms with van der Waals surface area (Å²) in [5, 5.41) is 8.54. The maximum atomic E-state index is 8.54. The second kappa shape index (κ2) is 8.56. The molecule has 21 heavy (non-hydrogen) atoms. The summed E-state index contributed by atoms with van der Waals surface area (Å²) in [6.07, 6.45) is 0. The maximum Gasteiger partial charge on any atom is 0.127 e. The number of aliphatic hydroxyl groups is 1. The van der Waals surface area contributed by atoms with Crippen molar-refractivity contribution in [2.75, 3.05) is 0 Å². The van der Waals surface area contributed by atoms with Gasteiger partial charge in [-0.2, -0.15) is 0 Å². The van der Waals surface area contributed by atoms with Crippen LogP contribution >= 0.6 is 0 Å². The van der Waals surface area contributed by atoms with E-state index in [1.165, 1.54) is 0 Å². The van der Waals surface area contributed by atoms with Crippen LogP contribution < -0.4 is 4.74 Å². The van der Waals surface area contributed by atoms with Gasteiger partial charge in [-0.3, -0.25) is 0 Å². The minimum Gasteiger partial charge on any atom is -0.457 e. The lowest BCUT2D eigenvalue weighted by molar-refractivity contribution is 0.282. The van der Waals surface area contributed by atoms with Crippen molar-refractivity contribution in [1.82, 2.24) is 0 Å². The van der Waals surface area contributed by atoms with E-state index in [2.05, 4.69) is 0 Å². The fourth-order valence-corrected chi connectivity index (χ4v) is 1.70. The molecule has 0 atom stereocenters. The van der Waals surface area contributed by atoms with Gasteiger partial charge in [-0.25, -0.2) is 0 Å². The van der Waals surface area contributed by atoms with Gasteiger partial charge in [-0.15, -0.1) is 0 Å². The number of rotatable bonds is 3. The van der Waals surface area contributed by atoms with E-state index in [1.54, 1.807) is 0 Å². The highest BCUT2D eigenvalue weighted by Crippen LogP contribution is 2.19. The SMILES string of the molecule is OCc1ccccc1.c1ccc(Oc2ccccc2)cc1. The number of hydrogen-bond acceptors (Lipinski definition) is 2. The molecule has 0 fully saturated rings. The lowest BCUT2D eigenvalue weighted by Gasteiger charge is -2.03. The molecular weight excluding hydrogens is 260 g/mol. The van der Waals surface area contributed by atoms with Crippen molar-refractivity contribution in [2.45, 2.75) is 6.61 Å². The molecule has 0 saturated heterocycles. The van der Waals surface area contributed by atoms with E-state index in [0.29, 0.717) is 0 Å². The zero-order chi connectivity index (χ0) is 14.8. The van der Waals surface area contributed by atoms with Crippen LogP contribution in [-0.2, 0) is 6.61 Å². The molecule has 2 heteroatoms. The van der Waals surface area contributed by atoms with Crippen LogP contribution in [0.15, 0.2) is 91.0 Å². The fraction of sp³-hybridized carbons (Fsp3) is 0.0526. The number of hydrogen-bond donors (Lipinski definition) is 1. The van der Waals surface area contributed by atoms with Gasteiger partial charge >= 0.3 is 0 Å². The van der Waals surface area contributed by atoms with E-state index < -0.39 is 0 Å². The quantitative estimate of drug-likeness (QED) is 0.755. The second-order valence-corrected chi connectivity index (χ2v) is 4.37. The molecule has 0 aliphatic heterocycles. The van der Waals surface area contributed by atoms with Crippen LogP contribution in [0.25, 0.3) is 0 Å². The Labute approximate surface area is 125 Å². The van der Waals surface area contributed by atoms with Crippen molar-refractivity contribution in [1.29, 1.82) is 0 Å². The predicted molar refractivity (Wildman–Crippen MR) is 85.3 cm³/mol. The van der Waals surface area contributed by atoms with Crippen LogP contribution in [0, 0.1) is 0 Å². The lowest BCUT2D eigenvalue weighted by atomic mass is 10.2. The predicted octanol–water partition coefficient (Wildman–Crippen LogP) is 4.66. The Hall–Kier alpha value is -2.58. The van der Waals surface area contributed by atoms with Gasteiger partial charge in [0.1, 0.15) is 11.5 Å². The maximum absolute atomic E-state index is 8.54. The summed E-state index contributed by atoms with van der Waals surface area (Å²) in [5.74, 6) is 1.74. The molecule has 0 aliphatic rings. The normalized spacial score (nSPS) is 9.38. The molecule has 0 heterocycles. The van der Waals surface area contributed by atoms with Crippen molar-refractivity contribution in [3.8, 4) is 11.5 Å². The summed E-state index contributed by atoms with van der Waals surface area (Å²) < 4.78 is 5.58. The molecule has 0 saturated carbocycles. The smallest absolute Gasteiger partial charge is 0.127 e. The standard InChI is InChI=1S/C12H10O.C7H8O/c1-3-7-11(8-4-1)13-12-9-5-2-6-10-12;8-6-7-4-2-1-3-5-7/h1-10H;1-5,8H,6H2. The first-order chi connectivity index (χ1) is 10.4. The van der Waals surface area contributed by atoms with Crippen molar-refractivity contribution >= 4 is 0 Å². The Morgan fingerprint density at radius 1 is 0.571 bits per heavy atom. The molecule has 0 amide bonds. The number of para-hydroxylation sites is 2. The van der Waals surface area contributed by atoms with Crippen LogP contribution in [0.1, 0.15) is 5.56 Å². The highest BCUT2D eigenvalue weighted by Gasteiger charge is 1.92. The molecule has 0 bridgehead atoms. The van der Waals surface area contributed by atoms with E-state index in [9.17, 15) is 0 Å². The summed E-state index contributed by atoms with van der Waals surface area (Å²) in [7, 11) is 0. The molecule has 0 aliphatic carbocycles. The Morgan fingerprint density at radius 2 is 0.952 bits per heavy atom. The third kappa shape index (κ3) is 5.51. The molecular formula is C19H18O2. The number of benzene rings is 3. The third-order valence-corrected chi connectivity index (χ3v) is 2.75. The molecule has 0 spiro atoms. The number of ether oxygens (including phenoxy) is 1. The Balaban J connectivity index is 0.000000173. The van der Waals surface area contributed by atoms with Gasteiger partial charge < -0.3 is 9.84 Å². The summed E-state index contributed by atoms with van der Waals surface area (Å²) >= 11 is 0. The first-order valence-corrected chi connectivity index (χ1v) is 6.81. The zero-order valence-electron chi connectivity index (χ0n) is 11.7. The molecule has 1 N–H and O–H groups in total. The minimum absolute atomic E-state index is 0.140. The summed E-state index contributed by atoms with van der Waals surface area (Å²) in [6, 6.07) is 29.0. The first-order valence-electron chi connectivity index (χ1n) is 6.81. The number of aliphatic hydroxyl groups excluding tert-OH is 1. The minimum atomic E-state index is 0.140. The van der Waals surface area contributed by atoms with Crippen molar-refractivity contribution in [2.24, 2.45) is 0 Å². The van der Waals surface area contributed by atoms with E-state index in [4.69, 9.17) is 9.84 Å². The fourth-order valence-electron chi connectivity index (χ4n) is 1.70. The van der Waals surface area contributed by atoms with Crippen LogP contribution in [0.3, 0.4) is 0 Å². The summed E-state index contributed by atoms with van der Waals surface area (Å²) in [4.78, 5) is 0. The molecule has 3 aromatic rings. The van der Waals surface area contributed by atoms with E-state index >= 15 is 0 Å². The van der Waals surface area contributed by atoms with Gasteiger partial charge in [0, 0.05) is 0 Å². The van der Waals surface area contributed by atoms with E-state index in [1.807, 2.05) is 91.0 Å². The van der Waals surface area contributed by atoms with Gasteiger partial charge in [0.15, 0.2) is 0 Å². The highest BCUT2D eigenvalue weighted by molar-refractivity contribution is 5.30. The van der Waals surface area contributed by atoms with Gasteiger partial charge in [0.05, 0.1) is 6.61 Å². The monoisotopic (exact) mass is 278 g/mol. The Kier molecular flexibility index (Phi) is 6.04. The third-order valence-electron chi connectivity index (χ3n) is 2.75. The second-order valence-electron chi connectivity index (χ2n) is 4.37. The van der Waals surface area contributed by atoms with Crippen LogP contribution in [-0.4, -0.2) is 5.11 Å². The lowest BCUT2D eigenvalue weighted by Crippen LogP contribution is -1.81. The van der Waals surface area contributed by atoms with E-state index in [-0.39, 0.29) is 6.61 Å². The average Bonchev–Trinajstić information content (AvgIpc) is 2.58. The Bertz CT molecular complexity index is 569. The molecule has 0 radical (unpaired) electrons. The molecule has 2 nitrogen and oxygen atoms in total. The molecule has 0 unspecified atom stereocenters. The van der Waals surface area contributed by atoms with Crippen molar-refractivity contribution in [3.05, 3.63) is 96.6 Å². The van der Waals surface area contributed by atoms with Gasteiger partial charge in [-0.1, -0.05) is 66.7 Å². The molecule has 3 rings (SSSR count). The summed E-state index contributed by atoms with van der Waals surface area (Å²) in [5.41, 5.74) is 0.965. The molecule has 0 aromatic heterocycles. The Morgan fingerprint density at radius 3 is 1.29 bits per heavy atom. The van der Waals surface area contributed by atoms with Crippen molar-refractivity contribution < 1.29 is 9.84 Å². The van der Waals surface area contributed by atoms with Crippen LogP contribution in [0.2, 0.25) is 0 Å². The largest absolute Gasteiger partial charge is 0.457 e. The van der Waals surface area contributed by atoms with Crippen molar-refractivity contribution in [3.63, 3.8) is 0 Å². The summed E-state index contributed by atoms with van der Waals surface area (Å²) in [6.45, 7) is 0.140. The highest BCUT2D eigenvalue weighted by atomic mass is 16.5. The molecule has 106 valence electrons. The van der Waals surface area contributed by atoms with Crippen LogP contribution in [0.5, 0.6) is 11.5 Å². The average molecular weight is 278 g/mol. The topological polar surface area (TPSA) is 29.5 Å². The van der Waals surface area contributed by atoms with E-state index in [0.717, 1.165) is 17.1 Å². The molecule has 3 aromatic carbocycles.